The van der Waals surface area contributed by atoms with E-state index in [9.17, 15) is 0 Å². The van der Waals surface area contributed by atoms with Crippen molar-refractivity contribution in [3.05, 3.63) is 34.9 Å². The van der Waals surface area contributed by atoms with Crippen LogP contribution in [-0.2, 0) is 0 Å². The van der Waals surface area contributed by atoms with Crippen molar-refractivity contribution >= 4 is 11.6 Å². The van der Waals surface area contributed by atoms with E-state index in [0.717, 1.165) is 11.4 Å². The molecule has 78 valence electrons. The van der Waals surface area contributed by atoms with Crippen LogP contribution in [0.2, 0.25) is 5.02 Å². The summed E-state index contributed by atoms with van der Waals surface area (Å²) in [5.41, 5.74) is 4.03. The summed E-state index contributed by atoms with van der Waals surface area (Å²) in [6.45, 7) is 2.18. The van der Waals surface area contributed by atoms with Gasteiger partial charge in [0.05, 0.1) is 0 Å². The molecule has 0 aliphatic carbocycles. The standard InChI is InChI=1S/C11H17ClN2/c1-2-3-4-11(14-13)9-5-7-10(12)8-6-9/h5-8,11,14H,2-4,13H2,1H3/t11-/m0/s1. The lowest BCUT2D eigenvalue weighted by molar-refractivity contribution is 0.495. The Kier molecular flexibility index (Phi) is 4.94. The van der Waals surface area contributed by atoms with Crippen LogP contribution < -0.4 is 11.3 Å². The van der Waals surface area contributed by atoms with Gasteiger partial charge in [0.1, 0.15) is 0 Å². The maximum Gasteiger partial charge on any atom is 0.0460 e. The molecule has 14 heavy (non-hydrogen) atoms. The second kappa shape index (κ2) is 6.02. The van der Waals surface area contributed by atoms with E-state index in [1.807, 2.05) is 24.3 Å². The van der Waals surface area contributed by atoms with E-state index in [4.69, 9.17) is 17.4 Å². The quantitative estimate of drug-likeness (QED) is 0.582. The maximum atomic E-state index is 5.81. The topological polar surface area (TPSA) is 38.0 Å². The molecular formula is C11H17ClN2. The van der Waals surface area contributed by atoms with Gasteiger partial charge in [0.2, 0.25) is 0 Å². The van der Waals surface area contributed by atoms with Crippen LogP contribution >= 0.6 is 11.6 Å². The highest BCUT2D eigenvalue weighted by molar-refractivity contribution is 6.30. The fourth-order valence-electron chi connectivity index (χ4n) is 1.45. The number of benzene rings is 1. The van der Waals surface area contributed by atoms with Crippen molar-refractivity contribution in [3.63, 3.8) is 0 Å². The summed E-state index contributed by atoms with van der Waals surface area (Å²) in [5.74, 6) is 5.50. The van der Waals surface area contributed by atoms with Crippen LogP contribution in [0.3, 0.4) is 0 Å². The molecular weight excluding hydrogens is 196 g/mol. The van der Waals surface area contributed by atoms with Gasteiger partial charge in [-0.25, -0.2) is 0 Å². The lowest BCUT2D eigenvalue weighted by Gasteiger charge is -2.15. The number of hydrazine groups is 1. The Labute approximate surface area is 90.4 Å². The molecule has 0 aliphatic heterocycles. The van der Waals surface area contributed by atoms with Crippen LogP contribution in [0.5, 0.6) is 0 Å². The van der Waals surface area contributed by atoms with E-state index < -0.39 is 0 Å². The van der Waals surface area contributed by atoms with Gasteiger partial charge < -0.3 is 0 Å². The van der Waals surface area contributed by atoms with E-state index in [-0.39, 0.29) is 6.04 Å². The summed E-state index contributed by atoms with van der Waals surface area (Å²) < 4.78 is 0. The van der Waals surface area contributed by atoms with Gasteiger partial charge in [-0.15, -0.1) is 0 Å². The fourth-order valence-corrected chi connectivity index (χ4v) is 1.58. The molecule has 0 spiro atoms. The molecule has 2 nitrogen and oxygen atoms in total. The molecule has 0 heterocycles. The molecule has 0 unspecified atom stereocenters. The minimum atomic E-state index is 0.243. The Hall–Kier alpha value is -0.570. The fraction of sp³-hybridized carbons (Fsp3) is 0.455. The summed E-state index contributed by atoms with van der Waals surface area (Å²) in [6.07, 6.45) is 3.43. The summed E-state index contributed by atoms with van der Waals surface area (Å²) >= 11 is 5.81. The first-order chi connectivity index (χ1) is 6.77. The van der Waals surface area contributed by atoms with E-state index in [0.29, 0.717) is 0 Å². The van der Waals surface area contributed by atoms with Gasteiger partial charge in [0.15, 0.2) is 0 Å². The molecule has 1 atom stereocenters. The molecule has 0 radical (unpaired) electrons. The average Bonchev–Trinajstić information content (AvgIpc) is 2.21. The first kappa shape index (κ1) is 11.5. The van der Waals surface area contributed by atoms with Crippen molar-refractivity contribution in [2.24, 2.45) is 5.84 Å². The number of hydrogen-bond acceptors (Lipinski definition) is 2. The van der Waals surface area contributed by atoms with E-state index in [1.54, 1.807) is 0 Å². The minimum absolute atomic E-state index is 0.243. The zero-order chi connectivity index (χ0) is 10.4. The van der Waals surface area contributed by atoms with Crippen molar-refractivity contribution in [1.29, 1.82) is 0 Å². The Bertz CT molecular complexity index is 258. The third-order valence-corrected chi connectivity index (χ3v) is 2.57. The van der Waals surface area contributed by atoms with Crippen LogP contribution in [0.4, 0.5) is 0 Å². The van der Waals surface area contributed by atoms with Crippen molar-refractivity contribution in [1.82, 2.24) is 5.43 Å². The second-order valence-corrected chi connectivity index (χ2v) is 3.85. The summed E-state index contributed by atoms with van der Waals surface area (Å²) in [4.78, 5) is 0. The number of hydrogen-bond donors (Lipinski definition) is 2. The molecule has 0 aliphatic rings. The normalized spacial score (nSPS) is 12.8. The summed E-state index contributed by atoms with van der Waals surface area (Å²) in [5, 5.41) is 0.764. The van der Waals surface area contributed by atoms with Gasteiger partial charge in [-0.05, 0) is 24.1 Å². The Morgan fingerprint density at radius 2 is 2.00 bits per heavy atom. The van der Waals surface area contributed by atoms with E-state index in [2.05, 4.69) is 12.3 Å². The molecule has 1 aromatic carbocycles. The van der Waals surface area contributed by atoms with Crippen molar-refractivity contribution in [2.75, 3.05) is 0 Å². The Morgan fingerprint density at radius 3 is 2.50 bits per heavy atom. The molecule has 1 rings (SSSR count). The van der Waals surface area contributed by atoms with E-state index in [1.165, 1.54) is 18.4 Å². The first-order valence-electron chi connectivity index (χ1n) is 4.99. The third-order valence-electron chi connectivity index (χ3n) is 2.32. The first-order valence-corrected chi connectivity index (χ1v) is 5.37. The summed E-state index contributed by atoms with van der Waals surface area (Å²) in [6, 6.07) is 8.07. The average molecular weight is 213 g/mol. The van der Waals surface area contributed by atoms with Crippen LogP contribution in [0, 0.1) is 0 Å². The van der Waals surface area contributed by atoms with Crippen LogP contribution in [0.1, 0.15) is 37.8 Å². The smallest absolute Gasteiger partial charge is 0.0460 e. The lowest BCUT2D eigenvalue weighted by atomic mass is 10.0. The van der Waals surface area contributed by atoms with Crippen molar-refractivity contribution in [2.45, 2.75) is 32.2 Å². The third kappa shape index (κ3) is 3.29. The number of halogens is 1. The maximum absolute atomic E-state index is 5.81. The van der Waals surface area contributed by atoms with Gasteiger partial charge >= 0.3 is 0 Å². The van der Waals surface area contributed by atoms with Crippen molar-refractivity contribution in [3.8, 4) is 0 Å². The monoisotopic (exact) mass is 212 g/mol. The highest BCUT2D eigenvalue weighted by Crippen LogP contribution is 2.20. The minimum Gasteiger partial charge on any atom is -0.271 e. The zero-order valence-electron chi connectivity index (χ0n) is 8.46. The summed E-state index contributed by atoms with van der Waals surface area (Å²) in [7, 11) is 0. The molecule has 0 fully saturated rings. The molecule has 0 bridgehead atoms. The SMILES string of the molecule is CCCC[C@H](NN)c1ccc(Cl)cc1. The van der Waals surface area contributed by atoms with Gasteiger partial charge in [-0.3, -0.25) is 11.3 Å². The van der Waals surface area contributed by atoms with Crippen LogP contribution in [0.25, 0.3) is 0 Å². The molecule has 0 saturated heterocycles. The highest BCUT2D eigenvalue weighted by atomic mass is 35.5. The largest absolute Gasteiger partial charge is 0.271 e. The van der Waals surface area contributed by atoms with Gasteiger partial charge in [0.25, 0.3) is 0 Å². The predicted octanol–water partition coefficient (Wildman–Crippen LogP) is 3.03. The molecule has 3 heteroatoms. The number of unbranched alkanes of at least 4 members (excludes halogenated alkanes) is 1. The van der Waals surface area contributed by atoms with Gasteiger partial charge in [0, 0.05) is 11.1 Å². The van der Waals surface area contributed by atoms with Crippen molar-refractivity contribution < 1.29 is 0 Å². The second-order valence-electron chi connectivity index (χ2n) is 3.41. The van der Waals surface area contributed by atoms with Crippen LogP contribution in [-0.4, -0.2) is 0 Å². The predicted molar refractivity (Wildman–Crippen MR) is 61.0 cm³/mol. The Balaban J connectivity index is 2.64. The molecule has 1 aromatic rings. The zero-order valence-corrected chi connectivity index (χ0v) is 9.22. The molecule has 3 N–H and O–H groups in total. The molecule has 0 aromatic heterocycles. The van der Waals surface area contributed by atoms with Gasteiger partial charge in [-0.1, -0.05) is 43.5 Å². The molecule has 0 amide bonds. The molecule has 0 saturated carbocycles. The number of nitrogens with one attached hydrogen (secondary N) is 1. The lowest BCUT2D eigenvalue weighted by Crippen LogP contribution is -2.27. The van der Waals surface area contributed by atoms with E-state index >= 15 is 0 Å². The number of nitrogens with two attached hydrogens (primary N) is 1. The Morgan fingerprint density at radius 1 is 1.36 bits per heavy atom. The van der Waals surface area contributed by atoms with Gasteiger partial charge in [-0.2, -0.15) is 0 Å². The number of rotatable bonds is 5. The highest BCUT2D eigenvalue weighted by Gasteiger charge is 2.07. The van der Waals surface area contributed by atoms with Crippen LogP contribution in [0.15, 0.2) is 24.3 Å².